The van der Waals surface area contributed by atoms with Crippen LogP contribution >= 0.6 is 11.8 Å². The quantitative estimate of drug-likeness (QED) is 0.255. The highest BCUT2D eigenvalue weighted by atomic mass is 32.2. The lowest BCUT2D eigenvalue weighted by atomic mass is 10.1. The fourth-order valence-electron chi connectivity index (χ4n) is 1.81. The highest BCUT2D eigenvalue weighted by Crippen LogP contribution is 2.47. The number of amidine groups is 1. The molecule has 1 amide bonds. The van der Waals surface area contributed by atoms with Gasteiger partial charge in [0.2, 0.25) is 5.91 Å². The molecular weight excluding hydrogens is 250 g/mol. The van der Waals surface area contributed by atoms with Crippen LogP contribution in [0.4, 0.5) is 5.69 Å². The molecule has 1 saturated carbocycles. The zero-order valence-electron chi connectivity index (χ0n) is 10.0. The zero-order valence-corrected chi connectivity index (χ0v) is 10.8. The Morgan fingerprint density at radius 1 is 1.50 bits per heavy atom. The van der Waals surface area contributed by atoms with E-state index < -0.39 is 5.41 Å². The second kappa shape index (κ2) is 4.89. The normalized spacial score (nSPS) is 17.3. The van der Waals surface area contributed by atoms with Gasteiger partial charge < -0.3 is 16.3 Å². The van der Waals surface area contributed by atoms with Gasteiger partial charge in [0, 0.05) is 4.90 Å². The van der Waals surface area contributed by atoms with Gasteiger partial charge in [0.25, 0.3) is 0 Å². The molecule has 96 valence electrons. The molecule has 0 radical (unpaired) electrons. The van der Waals surface area contributed by atoms with Gasteiger partial charge in [0.15, 0.2) is 5.84 Å². The Bertz CT molecular complexity index is 498. The van der Waals surface area contributed by atoms with E-state index in [1.54, 1.807) is 11.8 Å². The summed E-state index contributed by atoms with van der Waals surface area (Å²) in [7, 11) is 0. The number of oxime groups is 1. The molecule has 2 rings (SSSR count). The highest BCUT2D eigenvalue weighted by molar-refractivity contribution is 7.98. The Morgan fingerprint density at radius 2 is 2.17 bits per heavy atom. The molecule has 0 unspecified atom stereocenters. The third kappa shape index (κ3) is 2.15. The first kappa shape index (κ1) is 12.8. The molecule has 1 aliphatic rings. The van der Waals surface area contributed by atoms with Crippen LogP contribution in [0.1, 0.15) is 12.8 Å². The standard InChI is InChI=1S/C12H15N3O2S/c1-18-9-5-3-2-4-8(9)14-11(16)12(6-7-12)10(13)15-17/h2-5,17H,6-7H2,1H3,(H2,13,15)(H,14,16). The summed E-state index contributed by atoms with van der Waals surface area (Å²) in [5, 5.41) is 14.5. The number of nitrogens with one attached hydrogen (secondary N) is 1. The van der Waals surface area contributed by atoms with Gasteiger partial charge in [0.1, 0.15) is 5.41 Å². The smallest absolute Gasteiger partial charge is 0.238 e. The molecule has 0 atom stereocenters. The Balaban J connectivity index is 2.18. The number of nitrogens with zero attached hydrogens (tertiary/aromatic N) is 1. The molecule has 0 heterocycles. The number of benzene rings is 1. The van der Waals surface area contributed by atoms with E-state index in [9.17, 15) is 4.79 Å². The molecule has 1 aliphatic carbocycles. The molecule has 4 N–H and O–H groups in total. The van der Waals surface area contributed by atoms with Crippen molar-refractivity contribution in [1.29, 1.82) is 0 Å². The third-order valence-corrected chi connectivity index (χ3v) is 3.93. The van der Waals surface area contributed by atoms with Gasteiger partial charge in [0.05, 0.1) is 5.69 Å². The highest BCUT2D eigenvalue weighted by Gasteiger charge is 2.54. The van der Waals surface area contributed by atoms with Gasteiger partial charge in [-0.15, -0.1) is 11.8 Å². The molecule has 0 saturated heterocycles. The summed E-state index contributed by atoms with van der Waals surface area (Å²) < 4.78 is 0. The molecule has 6 heteroatoms. The Morgan fingerprint density at radius 3 is 2.72 bits per heavy atom. The van der Waals surface area contributed by atoms with Crippen molar-refractivity contribution in [2.24, 2.45) is 16.3 Å². The van der Waals surface area contributed by atoms with E-state index in [0.29, 0.717) is 12.8 Å². The first-order valence-electron chi connectivity index (χ1n) is 5.56. The molecule has 1 aromatic carbocycles. The molecule has 5 nitrogen and oxygen atoms in total. The summed E-state index contributed by atoms with van der Waals surface area (Å²) in [5.41, 5.74) is 5.51. The van der Waals surface area contributed by atoms with Crippen LogP contribution in [-0.2, 0) is 4.79 Å². The van der Waals surface area contributed by atoms with Crippen molar-refractivity contribution in [3.8, 4) is 0 Å². The minimum absolute atomic E-state index is 0.0124. The largest absolute Gasteiger partial charge is 0.409 e. The number of amides is 1. The van der Waals surface area contributed by atoms with Gasteiger partial charge >= 0.3 is 0 Å². The van der Waals surface area contributed by atoms with Crippen molar-refractivity contribution in [3.05, 3.63) is 24.3 Å². The second-order valence-corrected chi connectivity index (χ2v) is 5.07. The zero-order chi connectivity index (χ0) is 13.2. The van der Waals surface area contributed by atoms with Crippen LogP contribution in [0.15, 0.2) is 34.3 Å². The van der Waals surface area contributed by atoms with E-state index in [1.165, 1.54) is 0 Å². The maximum atomic E-state index is 12.2. The van der Waals surface area contributed by atoms with E-state index in [-0.39, 0.29) is 11.7 Å². The fraction of sp³-hybridized carbons (Fsp3) is 0.333. The number of anilines is 1. The Labute approximate surface area is 109 Å². The SMILES string of the molecule is CSc1ccccc1NC(=O)C1(/C(N)=N/O)CC1. The van der Waals surface area contributed by atoms with Gasteiger partial charge in [-0.25, -0.2) is 0 Å². The monoisotopic (exact) mass is 265 g/mol. The van der Waals surface area contributed by atoms with Gasteiger partial charge in [-0.1, -0.05) is 17.3 Å². The molecule has 1 fully saturated rings. The predicted octanol–water partition coefficient (Wildman–Crippen LogP) is 1.87. The van der Waals surface area contributed by atoms with Crippen molar-refractivity contribution < 1.29 is 10.0 Å². The van der Waals surface area contributed by atoms with Crippen molar-refractivity contribution in [2.45, 2.75) is 17.7 Å². The molecule has 0 bridgehead atoms. The number of thioether (sulfide) groups is 1. The minimum Gasteiger partial charge on any atom is -0.409 e. The van der Waals surface area contributed by atoms with Crippen molar-refractivity contribution in [3.63, 3.8) is 0 Å². The summed E-state index contributed by atoms with van der Waals surface area (Å²) in [5.74, 6) is -0.221. The van der Waals surface area contributed by atoms with Crippen LogP contribution in [0.5, 0.6) is 0 Å². The third-order valence-electron chi connectivity index (χ3n) is 3.14. The molecule has 0 aromatic heterocycles. The van der Waals surface area contributed by atoms with E-state index >= 15 is 0 Å². The van der Waals surface area contributed by atoms with E-state index in [0.717, 1.165) is 10.6 Å². The number of rotatable bonds is 4. The predicted molar refractivity (Wildman–Crippen MR) is 71.9 cm³/mol. The lowest BCUT2D eigenvalue weighted by molar-refractivity contribution is -0.119. The number of carbonyl (C=O) groups is 1. The molecule has 18 heavy (non-hydrogen) atoms. The summed E-state index contributed by atoms with van der Waals surface area (Å²) in [6.07, 6.45) is 3.19. The summed E-state index contributed by atoms with van der Waals surface area (Å²) in [6, 6.07) is 7.55. The summed E-state index contributed by atoms with van der Waals surface area (Å²) >= 11 is 1.56. The van der Waals surface area contributed by atoms with Crippen LogP contribution in [0, 0.1) is 5.41 Å². The molecule has 1 aromatic rings. The van der Waals surface area contributed by atoms with Crippen molar-refractivity contribution >= 4 is 29.2 Å². The fourth-order valence-corrected chi connectivity index (χ4v) is 2.36. The van der Waals surface area contributed by atoms with Gasteiger partial charge in [-0.05, 0) is 31.2 Å². The van der Waals surface area contributed by atoms with Crippen LogP contribution in [-0.4, -0.2) is 23.2 Å². The van der Waals surface area contributed by atoms with Gasteiger partial charge in [-0.2, -0.15) is 0 Å². The van der Waals surface area contributed by atoms with E-state index in [1.807, 2.05) is 30.5 Å². The topological polar surface area (TPSA) is 87.7 Å². The number of para-hydroxylation sites is 1. The van der Waals surface area contributed by atoms with E-state index in [4.69, 9.17) is 10.9 Å². The number of carbonyl (C=O) groups excluding carboxylic acids is 1. The van der Waals surface area contributed by atoms with Crippen molar-refractivity contribution in [1.82, 2.24) is 0 Å². The average Bonchev–Trinajstić information content (AvgIpc) is 3.20. The molecule has 0 aliphatic heterocycles. The molecule has 0 spiro atoms. The van der Waals surface area contributed by atoms with Crippen LogP contribution in [0.3, 0.4) is 0 Å². The number of nitrogens with two attached hydrogens (primary N) is 1. The maximum Gasteiger partial charge on any atom is 0.238 e. The number of hydrogen-bond donors (Lipinski definition) is 3. The van der Waals surface area contributed by atoms with Crippen LogP contribution in [0.25, 0.3) is 0 Å². The number of hydrogen-bond acceptors (Lipinski definition) is 4. The van der Waals surface area contributed by atoms with Crippen molar-refractivity contribution in [2.75, 3.05) is 11.6 Å². The first-order chi connectivity index (χ1) is 8.64. The average molecular weight is 265 g/mol. The van der Waals surface area contributed by atoms with Gasteiger partial charge in [-0.3, -0.25) is 4.79 Å². The van der Waals surface area contributed by atoms with Crippen LogP contribution in [0.2, 0.25) is 0 Å². The second-order valence-electron chi connectivity index (χ2n) is 4.22. The maximum absolute atomic E-state index is 12.2. The van der Waals surface area contributed by atoms with Crippen LogP contribution < -0.4 is 11.1 Å². The summed E-state index contributed by atoms with van der Waals surface area (Å²) in [4.78, 5) is 13.2. The Hall–Kier alpha value is -1.69. The first-order valence-corrected chi connectivity index (χ1v) is 6.79. The minimum atomic E-state index is -0.819. The Kier molecular flexibility index (Phi) is 3.47. The lowest BCUT2D eigenvalue weighted by Gasteiger charge is -2.15. The molecular formula is C12H15N3O2S. The van der Waals surface area contributed by atoms with E-state index in [2.05, 4.69) is 10.5 Å². The summed E-state index contributed by atoms with van der Waals surface area (Å²) in [6.45, 7) is 0. The lowest BCUT2D eigenvalue weighted by Crippen LogP contribution is -2.36.